The molecule has 15 heavy (non-hydrogen) atoms. The molecule has 0 aromatic heterocycles. The Labute approximate surface area is 94.4 Å². The summed E-state index contributed by atoms with van der Waals surface area (Å²) >= 11 is 5.83. The van der Waals surface area contributed by atoms with Crippen LogP contribution in [0, 0.1) is 0 Å². The second-order valence-corrected chi connectivity index (χ2v) is 3.77. The normalized spacial score (nSPS) is 11.9. The highest BCUT2D eigenvalue weighted by Crippen LogP contribution is 2.16. The maximum Gasteiger partial charge on any atom is 0.307 e. The SMILES string of the molecule is COC(=O)CC(C)Nc1cccc(Cl)c1. The van der Waals surface area contributed by atoms with E-state index < -0.39 is 0 Å². The quantitative estimate of drug-likeness (QED) is 0.804. The second-order valence-electron chi connectivity index (χ2n) is 3.34. The molecule has 0 heterocycles. The fourth-order valence-electron chi connectivity index (χ4n) is 1.25. The van der Waals surface area contributed by atoms with E-state index in [1.54, 1.807) is 6.07 Å². The van der Waals surface area contributed by atoms with Gasteiger partial charge < -0.3 is 10.1 Å². The third kappa shape index (κ3) is 4.21. The van der Waals surface area contributed by atoms with Crippen LogP contribution >= 0.6 is 11.6 Å². The lowest BCUT2D eigenvalue weighted by Gasteiger charge is -2.13. The van der Waals surface area contributed by atoms with Crippen molar-refractivity contribution in [3.05, 3.63) is 29.3 Å². The maximum absolute atomic E-state index is 11.0. The predicted octanol–water partition coefficient (Wildman–Crippen LogP) is 2.70. The van der Waals surface area contributed by atoms with Gasteiger partial charge in [-0.25, -0.2) is 0 Å². The van der Waals surface area contributed by atoms with Crippen LogP contribution in [0.1, 0.15) is 13.3 Å². The lowest BCUT2D eigenvalue weighted by molar-refractivity contribution is -0.140. The van der Waals surface area contributed by atoms with Crippen LogP contribution in [0.3, 0.4) is 0 Å². The Bertz CT molecular complexity index is 341. The lowest BCUT2D eigenvalue weighted by atomic mass is 10.2. The first-order chi connectivity index (χ1) is 7.11. The topological polar surface area (TPSA) is 38.3 Å². The first-order valence-electron chi connectivity index (χ1n) is 4.70. The zero-order chi connectivity index (χ0) is 11.3. The Morgan fingerprint density at radius 1 is 1.60 bits per heavy atom. The molecule has 3 nitrogen and oxygen atoms in total. The number of hydrogen-bond acceptors (Lipinski definition) is 3. The number of rotatable bonds is 4. The molecule has 0 aliphatic rings. The van der Waals surface area contributed by atoms with Gasteiger partial charge >= 0.3 is 5.97 Å². The smallest absolute Gasteiger partial charge is 0.307 e. The standard InChI is InChI=1S/C11H14ClNO2/c1-8(6-11(14)15-2)13-10-5-3-4-9(12)7-10/h3-5,7-8,13H,6H2,1-2H3. The molecule has 0 fully saturated rings. The van der Waals surface area contributed by atoms with E-state index in [9.17, 15) is 4.79 Å². The summed E-state index contributed by atoms with van der Waals surface area (Å²) in [7, 11) is 1.38. The largest absolute Gasteiger partial charge is 0.469 e. The van der Waals surface area contributed by atoms with E-state index in [0.717, 1.165) is 5.69 Å². The summed E-state index contributed by atoms with van der Waals surface area (Å²) < 4.78 is 4.58. The van der Waals surface area contributed by atoms with Crippen LogP contribution < -0.4 is 5.32 Å². The monoisotopic (exact) mass is 227 g/mol. The summed E-state index contributed by atoms with van der Waals surface area (Å²) in [6, 6.07) is 7.40. The number of hydrogen-bond donors (Lipinski definition) is 1. The average molecular weight is 228 g/mol. The van der Waals surface area contributed by atoms with Crippen molar-refractivity contribution in [3.63, 3.8) is 0 Å². The van der Waals surface area contributed by atoms with E-state index in [-0.39, 0.29) is 12.0 Å². The third-order valence-electron chi connectivity index (χ3n) is 1.94. The maximum atomic E-state index is 11.0. The highest BCUT2D eigenvalue weighted by Gasteiger charge is 2.08. The number of esters is 1. The molecule has 0 saturated heterocycles. The van der Waals surface area contributed by atoms with Crippen molar-refractivity contribution in [1.29, 1.82) is 0 Å². The van der Waals surface area contributed by atoms with Gasteiger partial charge in [0.1, 0.15) is 0 Å². The minimum Gasteiger partial charge on any atom is -0.469 e. The van der Waals surface area contributed by atoms with E-state index >= 15 is 0 Å². The molecular formula is C11H14ClNO2. The molecule has 0 aliphatic heterocycles. The Hall–Kier alpha value is -1.22. The minimum atomic E-state index is -0.225. The summed E-state index contributed by atoms with van der Waals surface area (Å²) in [4.78, 5) is 11.0. The van der Waals surface area contributed by atoms with Gasteiger partial charge in [0, 0.05) is 16.8 Å². The molecule has 0 radical (unpaired) electrons. The van der Waals surface area contributed by atoms with E-state index in [1.165, 1.54) is 7.11 Å². The first kappa shape index (κ1) is 11.9. The van der Waals surface area contributed by atoms with Gasteiger partial charge in [-0.1, -0.05) is 17.7 Å². The van der Waals surface area contributed by atoms with Crippen molar-refractivity contribution in [2.75, 3.05) is 12.4 Å². The Kier molecular flexibility index (Phi) is 4.43. The summed E-state index contributed by atoms with van der Waals surface area (Å²) in [5.74, 6) is -0.225. The van der Waals surface area contributed by atoms with Crippen molar-refractivity contribution in [3.8, 4) is 0 Å². The van der Waals surface area contributed by atoms with Gasteiger partial charge in [-0.3, -0.25) is 4.79 Å². The van der Waals surface area contributed by atoms with Crippen LogP contribution in [0.15, 0.2) is 24.3 Å². The van der Waals surface area contributed by atoms with Gasteiger partial charge in [0.2, 0.25) is 0 Å². The van der Waals surface area contributed by atoms with Crippen molar-refractivity contribution in [2.45, 2.75) is 19.4 Å². The summed E-state index contributed by atoms with van der Waals surface area (Å²) in [6.07, 6.45) is 0.336. The number of anilines is 1. The Balaban J connectivity index is 2.51. The van der Waals surface area contributed by atoms with Crippen molar-refractivity contribution < 1.29 is 9.53 Å². The van der Waals surface area contributed by atoms with E-state index in [1.807, 2.05) is 25.1 Å². The van der Waals surface area contributed by atoms with Crippen LogP contribution in [0.25, 0.3) is 0 Å². The van der Waals surface area contributed by atoms with E-state index in [0.29, 0.717) is 11.4 Å². The second kappa shape index (κ2) is 5.61. The van der Waals surface area contributed by atoms with Gasteiger partial charge in [0.15, 0.2) is 0 Å². The summed E-state index contributed by atoms with van der Waals surface area (Å²) in [6.45, 7) is 1.91. The van der Waals surface area contributed by atoms with Gasteiger partial charge in [0.25, 0.3) is 0 Å². The average Bonchev–Trinajstić information content (AvgIpc) is 2.17. The first-order valence-corrected chi connectivity index (χ1v) is 5.08. The molecule has 0 spiro atoms. The molecule has 0 aliphatic carbocycles. The van der Waals surface area contributed by atoms with E-state index in [4.69, 9.17) is 11.6 Å². The zero-order valence-corrected chi connectivity index (χ0v) is 9.54. The highest BCUT2D eigenvalue weighted by atomic mass is 35.5. The molecule has 1 aromatic carbocycles. The molecule has 0 amide bonds. The molecule has 82 valence electrons. The molecule has 1 rings (SSSR count). The molecule has 1 unspecified atom stereocenters. The molecule has 0 bridgehead atoms. The molecule has 4 heteroatoms. The molecule has 1 N–H and O–H groups in total. The molecule has 1 atom stereocenters. The fraction of sp³-hybridized carbons (Fsp3) is 0.364. The predicted molar refractivity (Wildman–Crippen MR) is 61.2 cm³/mol. The van der Waals surface area contributed by atoms with Crippen molar-refractivity contribution in [1.82, 2.24) is 0 Å². The third-order valence-corrected chi connectivity index (χ3v) is 2.17. The van der Waals surface area contributed by atoms with Gasteiger partial charge in [-0.05, 0) is 25.1 Å². The van der Waals surface area contributed by atoms with Crippen LogP contribution in [-0.2, 0) is 9.53 Å². The number of methoxy groups -OCH3 is 1. The summed E-state index contributed by atoms with van der Waals surface area (Å²) in [5.41, 5.74) is 0.902. The highest BCUT2D eigenvalue weighted by molar-refractivity contribution is 6.30. The number of halogens is 1. The minimum absolute atomic E-state index is 0.0240. The molecule has 1 aromatic rings. The number of benzene rings is 1. The van der Waals surface area contributed by atoms with Gasteiger partial charge in [0.05, 0.1) is 13.5 Å². The number of nitrogens with one attached hydrogen (secondary N) is 1. The fourth-order valence-corrected chi connectivity index (χ4v) is 1.44. The van der Waals surface area contributed by atoms with Crippen LogP contribution in [-0.4, -0.2) is 19.1 Å². The number of carbonyl (C=O) groups excluding carboxylic acids is 1. The van der Waals surface area contributed by atoms with Crippen molar-refractivity contribution in [2.24, 2.45) is 0 Å². The zero-order valence-electron chi connectivity index (χ0n) is 8.79. The van der Waals surface area contributed by atoms with Crippen LogP contribution in [0.2, 0.25) is 5.02 Å². The molecular weight excluding hydrogens is 214 g/mol. The van der Waals surface area contributed by atoms with E-state index in [2.05, 4.69) is 10.1 Å². The summed E-state index contributed by atoms with van der Waals surface area (Å²) in [5, 5.41) is 3.83. The van der Waals surface area contributed by atoms with Gasteiger partial charge in [-0.15, -0.1) is 0 Å². The number of ether oxygens (including phenoxy) is 1. The van der Waals surface area contributed by atoms with Crippen molar-refractivity contribution >= 4 is 23.3 Å². The van der Waals surface area contributed by atoms with Gasteiger partial charge in [-0.2, -0.15) is 0 Å². The Morgan fingerprint density at radius 3 is 2.93 bits per heavy atom. The number of carbonyl (C=O) groups is 1. The van der Waals surface area contributed by atoms with Crippen LogP contribution in [0.5, 0.6) is 0 Å². The van der Waals surface area contributed by atoms with Crippen LogP contribution in [0.4, 0.5) is 5.69 Å². The Morgan fingerprint density at radius 2 is 2.33 bits per heavy atom. The molecule has 0 saturated carbocycles. The lowest BCUT2D eigenvalue weighted by Crippen LogP contribution is -2.20.